The Balaban J connectivity index is 1.91. The third kappa shape index (κ3) is 5.42. The van der Waals surface area contributed by atoms with Crippen LogP contribution >= 0.6 is 0 Å². The number of carbonyl (C=O) groups excluding carboxylic acids is 1. The predicted octanol–water partition coefficient (Wildman–Crippen LogP) is 3.86. The van der Waals surface area contributed by atoms with E-state index in [-0.39, 0.29) is 12.5 Å². The number of hydrogen-bond acceptors (Lipinski definition) is 5. The lowest BCUT2D eigenvalue weighted by molar-refractivity contribution is -0.119. The van der Waals surface area contributed by atoms with Crippen LogP contribution in [0.5, 0.6) is 6.01 Å². The van der Waals surface area contributed by atoms with E-state index in [0.29, 0.717) is 30.0 Å². The number of carbonyl (C=O) groups is 1. The monoisotopic (exact) mass is 394 g/mol. The van der Waals surface area contributed by atoms with Gasteiger partial charge >= 0.3 is 6.01 Å². The van der Waals surface area contributed by atoms with Gasteiger partial charge in [-0.05, 0) is 37.1 Å². The largest absolute Gasteiger partial charge is 0.462 e. The zero-order valence-corrected chi connectivity index (χ0v) is 17.2. The number of methoxy groups -OCH3 is 1. The second kappa shape index (κ2) is 9.34. The molecular formula is C22H26N4O3. The summed E-state index contributed by atoms with van der Waals surface area (Å²) in [5.41, 5.74) is 3.62. The molecule has 1 N–H and O–H groups in total. The van der Waals surface area contributed by atoms with Gasteiger partial charge in [-0.25, -0.2) is 4.68 Å². The van der Waals surface area contributed by atoms with Crippen molar-refractivity contribution in [1.29, 1.82) is 0 Å². The highest BCUT2D eigenvalue weighted by Gasteiger charge is 2.15. The van der Waals surface area contributed by atoms with Crippen molar-refractivity contribution in [2.75, 3.05) is 25.6 Å². The normalized spacial score (nSPS) is 10.9. The first-order valence-corrected chi connectivity index (χ1v) is 9.52. The van der Waals surface area contributed by atoms with Crippen molar-refractivity contribution >= 4 is 11.6 Å². The molecular weight excluding hydrogens is 368 g/mol. The van der Waals surface area contributed by atoms with Crippen LogP contribution in [0, 0.1) is 12.8 Å². The molecule has 0 atom stereocenters. The highest BCUT2D eigenvalue weighted by Crippen LogP contribution is 2.25. The molecule has 1 heterocycles. The lowest BCUT2D eigenvalue weighted by Gasteiger charge is -2.08. The Hall–Kier alpha value is -3.19. The van der Waals surface area contributed by atoms with E-state index in [4.69, 9.17) is 9.47 Å². The Labute approximate surface area is 170 Å². The van der Waals surface area contributed by atoms with Gasteiger partial charge in [0, 0.05) is 18.4 Å². The smallest absolute Gasteiger partial charge is 0.336 e. The first kappa shape index (κ1) is 20.5. The van der Waals surface area contributed by atoms with Gasteiger partial charge in [-0.1, -0.05) is 43.7 Å². The first-order valence-electron chi connectivity index (χ1n) is 9.52. The predicted molar refractivity (Wildman–Crippen MR) is 112 cm³/mol. The maximum atomic E-state index is 11.7. The van der Waals surface area contributed by atoms with Gasteiger partial charge in [0.1, 0.15) is 6.61 Å². The Bertz CT molecular complexity index is 947. The van der Waals surface area contributed by atoms with E-state index in [1.807, 2.05) is 55.5 Å². The number of nitrogens with one attached hydrogen (secondary N) is 1. The Morgan fingerprint density at radius 2 is 1.79 bits per heavy atom. The van der Waals surface area contributed by atoms with Crippen LogP contribution in [0.4, 0.5) is 5.69 Å². The number of benzene rings is 2. The zero-order chi connectivity index (χ0) is 20.8. The fourth-order valence-electron chi connectivity index (χ4n) is 2.68. The van der Waals surface area contributed by atoms with Crippen molar-refractivity contribution in [3.8, 4) is 23.1 Å². The molecule has 0 fully saturated rings. The van der Waals surface area contributed by atoms with Gasteiger partial charge in [0.25, 0.3) is 0 Å². The second-order valence-corrected chi connectivity index (χ2v) is 7.23. The molecule has 7 heteroatoms. The summed E-state index contributed by atoms with van der Waals surface area (Å²) >= 11 is 0. The second-order valence-electron chi connectivity index (χ2n) is 7.23. The van der Waals surface area contributed by atoms with Crippen LogP contribution in [0.3, 0.4) is 0 Å². The Morgan fingerprint density at radius 3 is 2.41 bits per heavy atom. The fourth-order valence-corrected chi connectivity index (χ4v) is 2.68. The standard InChI is InChI=1S/C22H26N4O3/c1-15(2)13-29-22-24-21(17-7-5-16(3)6-8-17)26(25-22)19-11-9-18(10-12-19)23-20(27)14-28-4/h5-12,15H,13-14H2,1-4H3,(H,23,27). The van der Waals surface area contributed by atoms with Crippen molar-refractivity contribution in [1.82, 2.24) is 14.8 Å². The molecule has 3 aromatic rings. The van der Waals surface area contributed by atoms with Crippen LogP contribution in [0.2, 0.25) is 0 Å². The van der Waals surface area contributed by atoms with Crippen molar-refractivity contribution in [3.05, 3.63) is 54.1 Å². The molecule has 7 nitrogen and oxygen atoms in total. The molecule has 0 radical (unpaired) electrons. The van der Waals surface area contributed by atoms with Gasteiger partial charge in [-0.15, -0.1) is 5.10 Å². The van der Waals surface area contributed by atoms with E-state index in [0.717, 1.165) is 11.3 Å². The number of ether oxygens (including phenoxy) is 2. The molecule has 152 valence electrons. The number of hydrogen-bond donors (Lipinski definition) is 1. The lowest BCUT2D eigenvalue weighted by atomic mass is 10.1. The summed E-state index contributed by atoms with van der Waals surface area (Å²) in [6, 6.07) is 15.8. The molecule has 0 unspecified atom stereocenters. The number of amides is 1. The van der Waals surface area contributed by atoms with E-state index in [1.165, 1.54) is 12.7 Å². The summed E-state index contributed by atoms with van der Waals surface area (Å²) in [5.74, 6) is 0.866. The van der Waals surface area contributed by atoms with Gasteiger partial charge < -0.3 is 14.8 Å². The lowest BCUT2D eigenvalue weighted by Crippen LogP contribution is -2.17. The average Bonchev–Trinajstić information content (AvgIpc) is 3.12. The molecule has 0 saturated carbocycles. The number of aryl methyl sites for hydroxylation is 1. The number of rotatable bonds is 8. The van der Waals surface area contributed by atoms with Gasteiger partial charge in [-0.2, -0.15) is 4.98 Å². The minimum Gasteiger partial charge on any atom is -0.462 e. The van der Waals surface area contributed by atoms with Crippen molar-refractivity contribution in [3.63, 3.8) is 0 Å². The Kier molecular flexibility index (Phi) is 6.61. The van der Waals surface area contributed by atoms with Crippen LogP contribution in [-0.2, 0) is 9.53 Å². The third-order valence-electron chi connectivity index (χ3n) is 4.11. The highest BCUT2D eigenvalue weighted by atomic mass is 16.5. The van der Waals surface area contributed by atoms with Crippen molar-refractivity contribution in [2.45, 2.75) is 20.8 Å². The number of anilines is 1. The highest BCUT2D eigenvalue weighted by molar-refractivity contribution is 5.91. The molecule has 0 saturated heterocycles. The average molecular weight is 394 g/mol. The zero-order valence-electron chi connectivity index (χ0n) is 17.2. The molecule has 0 aliphatic heterocycles. The molecule has 0 spiro atoms. The van der Waals surface area contributed by atoms with Crippen LogP contribution in [0.25, 0.3) is 17.1 Å². The minimum absolute atomic E-state index is 0.0128. The number of nitrogens with zero attached hydrogens (tertiary/aromatic N) is 3. The Morgan fingerprint density at radius 1 is 1.10 bits per heavy atom. The molecule has 1 aromatic heterocycles. The van der Waals surface area contributed by atoms with Crippen molar-refractivity contribution < 1.29 is 14.3 Å². The summed E-state index contributed by atoms with van der Waals surface area (Å²) in [5, 5.41) is 7.33. The molecule has 0 aliphatic carbocycles. The van der Waals surface area contributed by atoms with E-state index in [9.17, 15) is 4.79 Å². The van der Waals surface area contributed by atoms with Crippen LogP contribution in [0.1, 0.15) is 19.4 Å². The molecule has 0 bridgehead atoms. The van der Waals surface area contributed by atoms with E-state index in [1.54, 1.807) is 4.68 Å². The van der Waals surface area contributed by atoms with E-state index < -0.39 is 0 Å². The molecule has 2 aromatic carbocycles. The van der Waals surface area contributed by atoms with Crippen molar-refractivity contribution in [2.24, 2.45) is 5.92 Å². The summed E-state index contributed by atoms with van der Waals surface area (Å²) in [4.78, 5) is 16.3. The summed E-state index contributed by atoms with van der Waals surface area (Å²) in [6.45, 7) is 6.76. The molecule has 1 amide bonds. The van der Waals surface area contributed by atoms with Gasteiger partial charge in [-0.3, -0.25) is 4.79 Å². The van der Waals surface area contributed by atoms with Gasteiger partial charge in [0.05, 0.1) is 12.3 Å². The molecule has 3 rings (SSSR count). The topological polar surface area (TPSA) is 78.3 Å². The van der Waals surface area contributed by atoms with E-state index >= 15 is 0 Å². The first-order chi connectivity index (χ1) is 14.0. The third-order valence-corrected chi connectivity index (χ3v) is 4.11. The summed E-state index contributed by atoms with van der Waals surface area (Å²) in [6.07, 6.45) is 0. The quantitative estimate of drug-likeness (QED) is 0.628. The van der Waals surface area contributed by atoms with Gasteiger partial charge in [0.15, 0.2) is 5.82 Å². The summed E-state index contributed by atoms with van der Waals surface area (Å²) in [7, 11) is 1.49. The SMILES string of the molecule is COCC(=O)Nc1ccc(-n2nc(OCC(C)C)nc2-c2ccc(C)cc2)cc1. The fraction of sp³-hybridized carbons (Fsp3) is 0.318. The summed E-state index contributed by atoms with van der Waals surface area (Å²) < 4.78 is 12.3. The van der Waals surface area contributed by atoms with Gasteiger partial charge in [0.2, 0.25) is 5.91 Å². The van der Waals surface area contributed by atoms with Crippen LogP contribution < -0.4 is 10.1 Å². The molecule has 0 aliphatic rings. The maximum Gasteiger partial charge on any atom is 0.336 e. The minimum atomic E-state index is -0.203. The van der Waals surface area contributed by atoms with Crippen LogP contribution in [-0.4, -0.2) is 41.0 Å². The molecule has 29 heavy (non-hydrogen) atoms. The van der Waals surface area contributed by atoms with E-state index in [2.05, 4.69) is 29.2 Å². The van der Waals surface area contributed by atoms with Crippen LogP contribution in [0.15, 0.2) is 48.5 Å². The maximum absolute atomic E-state index is 11.7. The number of aromatic nitrogens is 3.